The molecule has 3 aliphatic heterocycles. The van der Waals surface area contributed by atoms with Crippen molar-refractivity contribution in [3.63, 3.8) is 0 Å². The molecule has 2 aromatic heterocycles. The number of ether oxygens (including phenoxy) is 3. The van der Waals surface area contributed by atoms with Crippen molar-refractivity contribution in [2.45, 2.75) is 50.6 Å². The third-order valence-corrected chi connectivity index (χ3v) is 11.5. The van der Waals surface area contributed by atoms with E-state index in [4.69, 9.17) is 25.8 Å². The smallest absolute Gasteiger partial charge is 0.413 e. The summed E-state index contributed by atoms with van der Waals surface area (Å²) >= 11 is 7.26. The van der Waals surface area contributed by atoms with E-state index < -0.39 is 40.3 Å². The van der Waals surface area contributed by atoms with Gasteiger partial charge in [-0.05, 0) is 24.3 Å². The van der Waals surface area contributed by atoms with E-state index in [1.165, 1.54) is 34.0 Å². The Morgan fingerprint density at radius 2 is 1.85 bits per heavy atom. The maximum Gasteiger partial charge on any atom is 0.413 e. The number of halogens is 1. The standard InChI is InChI=1S/C30H35ClN6O9S2/c1-18(38)45-19(2)46-30(41)35-6-5-24-25(17-35)47-28(33-24)29(40)37-8-7-36(16-22(37)15-27(39)34-9-11-44-12-10-34)48(42,43)26-14-20-13-21(31)3-4-23(20)32-26/h3-4,13-14,19,22,32H,5-12,15-17H2,1-2H3. The number of benzene rings is 1. The average Bonchev–Trinajstić information content (AvgIpc) is 3.68. The lowest BCUT2D eigenvalue weighted by Crippen LogP contribution is -2.58. The number of piperazine rings is 1. The van der Waals surface area contributed by atoms with Gasteiger partial charge in [0.2, 0.25) is 12.2 Å². The molecule has 3 aliphatic rings. The number of nitrogens with one attached hydrogen (secondary N) is 1. The van der Waals surface area contributed by atoms with Crippen LogP contribution >= 0.6 is 22.9 Å². The number of carbonyl (C=O) groups is 4. The number of aromatic amines is 1. The summed E-state index contributed by atoms with van der Waals surface area (Å²) in [4.78, 5) is 64.2. The summed E-state index contributed by atoms with van der Waals surface area (Å²) in [5.74, 6) is -1.19. The second kappa shape index (κ2) is 14.0. The van der Waals surface area contributed by atoms with Crippen molar-refractivity contribution >= 4 is 67.7 Å². The van der Waals surface area contributed by atoms with Crippen LogP contribution in [-0.2, 0) is 46.8 Å². The zero-order valence-corrected chi connectivity index (χ0v) is 28.7. The number of H-pyrrole nitrogens is 1. The van der Waals surface area contributed by atoms with Crippen LogP contribution in [-0.4, -0.2) is 126 Å². The Balaban J connectivity index is 1.20. The molecule has 1 N–H and O–H groups in total. The van der Waals surface area contributed by atoms with Gasteiger partial charge in [0.05, 0.1) is 31.5 Å². The summed E-state index contributed by atoms with van der Waals surface area (Å²) in [6.07, 6.45) is -1.40. The van der Waals surface area contributed by atoms with E-state index in [1.807, 2.05) is 0 Å². The number of sulfonamides is 1. The molecule has 2 atom stereocenters. The molecule has 0 spiro atoms. The molecule has 0 bridgehead atoms. The summed E-state index contributed by atoms with van der Waals surface area (Å²) in [7, 11) is -4.01. The molecule has 0 aliphatic carbocycles. The lowest BCUT2D eigenvalue weighted by molar-refractivity contribution is -0.163. The highest BCUT2D eigenvalue weighted by molar-refractivity contribution is 7.89. The molecule has 0 saturated carbocycles. The van der Waals surface area contributed by atoms with Crippen molar-refractivity contribution in [1.82, 2.24) is 29.0 Å². The second-order valence-electron chi connectivity index (χ2n) is 11.7. The van der Waals surface area contributed by atoms with Crippen molar-refractivity contribution in [3.05, 3.63) is 44.9 Å². The number of thiazole rings is 1. The van der Waals surface area contributed by atoms with E-state index in [1.54, 1.807) is 23.1 Å². The number of nitrogens with zero attached hydrogens (tertiary/aromatic N) is 5. The molecule has 1 aromatic carbocycles. The first-order valence-electron chi connectivity index (χ1n) is 15.5. The van der Waals surface area contributed by atoms with E-state index in [-0.39, 0.29) is 48.5 Å². The van der Waals surface area contributed by atoms with E-state index in [0.717, 1.165) is 11.3 Å². The summed E-state index contributed by atoms with van der Waals surface area (Å²) in [5.41, 5.74) is 1.30. The molecule has 2 saturated heterocycles. The molecule has 15 nitrogen and oxygen atoms in total. The van der Waals surface area contributed by atoms with Gasteiger partial charge in [0, 0.05) is 86.8 Å². The fourth-order valence-electron chi connectivity index (χ4n) is 6.03. The van der Waals surface area contributed by atoms with Gasteiger partial charge in [0.1, 0.15) is 5.03 Å². The minimum Gasteiger partial charge on any atom is -0.426 e. The van der Waals surface area contributed by atoms with Gasteiger partial charge in [-0.1, -0.05) is 11.6 Å². The van der Waals surface area contributed by atoms with Crippen LogP contribution in [0, 0.1) is 0 Å². The number of carbonyl (C=O) groups excluding carboxylic acids is 4. The topological polar surface area (TPSA) is 172 Å². The molecular formula is C30H35ClN6O9S2. The van der Waals surface area contributed by atoms with Crippen LogP contribution in [0.25, 0.3) is 10.9 Å². The summed E-state index contributed by atoms with van der Waals surface area (Å²) < 4.78 is 44.4. The molecule has 2 fully saturated rings. The molecule has 2 unspecified atom stereocenters. The fraction of sp³-hybridized carbons (Fsp3) is 0.500. The van der Waals surface area contributed by atoms with Crippen LogP contribution in [0.3, 0.4) is 0 Å². The first-order chi connectivity index (χ1) is 22.9. The molecule has 258 valence electrons. The predicted octanol–water partition coefficient (Wildman–Crippen LogP) is 2.45. The maximum absolute atomic E-state index is 14.0. The average molecular weight is 723 g/mol. The van der Waals surface area contributed by atoms with Crippen LogP contribution in [0.5, 0.6) is 0 Å². The maximum atomic E-state index is 14.0. The lowest BCUT2D eigenvalue weighted by Gasteiger charge is -2.41. The number of hydrogen-bond acceptors (Lipinski definition) is 11. The van der Waals surface area contributed by atoms with Crippen LogP contribution in [0.2, 0.25) is 5.02 Å². The van der Waals surface area contributed by atoms with Crippen molar-refractivity contribution < 1.29 is 41.8 Å². The molecular weight excluding hydrogens is 688 g/mol. The Kier molecular flexibility index (Phi) is 9.94. The Morgan fingerprint density at radius 3 is 2.60 bits per heavy atom. The number of hydrogen-bond donors (Lipinski definition) is 1. The SMILES string of the molecule is CC(=O)OC(C)OC(=O)N1CCc2nc(C(=O)N3CCN(S(=O)(=O)c4cc5cc(Cl)ccc5[nH]4)CC3CC(=O)N3CCOCC3)sc2C1. The first kappa shape index (κ1) is 34.1. The van der Waals surface area contributed by atoms with E-state index >= 15 is 0 Å². The number of amides is 3. The fourth-order valence-corrected chi connectivity index (χ4v) is 8.77. The summed E-state index contributed by atoms with van der Waals surface area (Å²) in [5, 5.41) is 1.31. The van der Waals surface area contributed by atoms with Gasteiger partial charge in [-0.3, -0.25) is 14.4 Å². The highest BCUT2D eigenvalue weighted by atomic mass is 35.5. The monoisotopic (exact) mass is 722 g/mol. The number of morpholine rings is 1. The molecule has 48 heavy (non-hydrogen) atoms. The quantitative estimate of drug-likeness (QED) is 0.282. The van der Waals surface area contributed by atoms with Gasteiger partial charge in [0.15, 0.2) is 5.01 Å². The third-order valence-electron chi connectivity index (χ3n) is 8.43. The molecule has 5 heterocycles. The molecule has 6 rings (SSSR count). The highest BCUT2D eigenvalue weighted by Crippen LogP contribution is 2.30. The molecule has 18 heteroatoms. The predicted molar refractivity (Wildman–Crippen MR) is 173 cm³/mol. The van der Waals surface area contributed by atoms with Crippen LogP contribution < -0.4 is 0 Å². The van der Waals surface area contributed by atoms with Gasteiger partial charge in [-0.15, -0.1) is 11.3 Å². The van der Waals surface area contributed by atoms with Crippen LogP contribution in [0.15, 0.2) is 29.3 Å². The van der Waals surface area contributed by atoms with Crippen LogP contribution in [0.1, 0.15) is 40.6 Å². The van der Waals surface area contributed by atoms with Gasteiger partial charge in [-0.2, -0.15) is 4.31 Å². The number of aromatic nitrogens is 2. The van der Waals surface area contributed by atoms with Crippen molar-refractivity contribution in [1.29, 1.82) is 0 Å². The Hall–Kier alpha value is -3.77. The molecule has 0 radical (unpaired) electrons. The Bertz CT molecular complexity index is 1840. The second-order valence-corrected chi connectivity index (χ2v) is 15.1. The number of rotatable bonds is 7. The Labute approximate surface area is 285 Å². The minimum absolute atomic E-state index is 0.00396. The first-order valence-corrected chi connectivity index (χ1v) is 18.1. The van der Waals surface area contributed by atoms with Crippen molar-refractivity contribution in [2.24, 2.45) is 0 Å². The summed E-state index contributed by atoms with van der Waals surface area (Å²) in [6.45, 7) is 4.72. The van der Waals surface area contributed by atoms with Gasteiger partial charge >= 0.3 is 12.1 Å². The zero-order chi connectivity index (χ0) is 34.2. The van der Waals surface area contributed by atoms with E-state index in [9.17, 15) is 27.6 Å². The molecule has 3 amide bonds. The van der Waals surface area contributed by atoms with E-state index in [0.29, 0.717) is 65.8 Å². The minimum atomic E-state index is -4.01. The number of fused-ring (bicyclic) bond motifs is 2. The van der Waals surface area contributed by atoms with Crippen LogP contribution in [0.4, 0.5) is 4.79 Å². The Morgan fingerprint density at radius 1 is 1.08 bits per heavy atom. The van der Waals surface area contributed by atoms with Gasteiger partial charge < -0.3 is 33.9 Å². The van der Waals surface area contributed by atoms with Gasteiger partial charge in [-0.25, -0.2) is 18.2 Å². The summed E-state index contributed by atoms with van der Waals surface area (Å²) in [6, 6.07) is 5.81. The molecule has 3 aromatic rings. The lowest BCUT2D eigenvalue weighted by atomic mass is 10.1. The highest BCUT2D eigenvalue weighted by Gasteiger charge is 2.40. The largest absolute Gasteiger partial charge is 0.426 e. The van der Waals surface area contributed by atoms with Gasteiger partial charge in [0.25, 0.3) is 15.9 Å². The van der Waals surface area contributed by atoms with Crippen molar-refractivity contribution in [2.75, 3.05) is 52.5 Å². The third kappa shape index (κ3) is 7.29. The van der Waals surface area contributed by atoms with Crippen molar-refractivity contribution in [3.8, 4) is 0 Å². The number of esters is 1. The zero-order valence-electron chi connectivity index (χ0n) is 26.3. The normalized spacial score (nSPS) is 19.6. The van der Waals surface area contributed by atoms with E-state index in [2.05, 4.69) is 9.97 Å².